The van der Waals surface area contributed by atoms with Gasteiger partial charge in [-0.2, -0.15) is 0 Å². The standard InChI is InChI=1S/C23H26FN5O3/c1-23(2,3)32-22(31)27-15-11-29(12-15)21(30)17-10-26-20(25)19-16(17)7-8-18(28-19)13-5-4-6-14(24)9-13/h4-10,15,22,27,31H,11-12H2,1-3H3,(H2,25,26). The predicted octanol–water partition coefficient (Wildman–Crippen LogP) is 2.52. The number of nitrogen functional groups attached to an aromatic ring is 1. The van der Waals surface area contributed by atoms with E-state index in [1.54, 1.807) is 29.2 Å². The van der Waals surface area contributed by atoms with E-state index in [9.17, 15) is 14.3 Å². The molecule has 1 aliphatic heterocycles. The van der Waals surface area contributed by atoms with Crippen molar-refractivity contribution in [2.75, 3.05) is 18.8 Å². The van der Waals surface area contributed by atoms with Gasteiger partial charge < -0.3 is 20.5 Å². The number of benzene rings is 1. The molecule has 0 radical (unpaired) electrons. The van der Waals surface area contributed by atoms with Gasteiger partial charge in [0.25, 0.3) is 5.91 Å². The molecule has 32 heavy (non-hydrogen) atoms. The van der Waals surface area contributed by atoms with Crippen LogP contribution in [0.2, 0.25) is 0 Å². The highest BCUT2D eigenvalue weighted by Gasteiger charge is 2.34. The number of anilines is 1. The van der Waals surface area contributed by atoms with Gasteiger partial charge >= 0.3 is 0 Å². The van der Waals surface area contributed by atoms with Crippen LogP contribution in [0.15, 0.2) is 42.6 Å². The summed E-state index contributed by atoms with van der Waals surface area (Å²) in [6, 6.07) is 9.51. The third-order valence-electron chi connectivity index (χ3n) is 5.12. The summed E-state index contributed by atoms with van der Waals surface area (Å²) < 4.78 is 19.0. The Balaban J connectivity index is 1.51. The lowest BCUT2D eigenvalue weighted by molar-refractivity contribution is -0.189. The number of nitrogens with two attached hydrogens (primary N) is 1. The second-order valence-corrected chi connectivity index (χ2v) is 8.82. The first-order valence-corrected chi connectivity index (χ1v) is 10.3. The van der Waals surface area contributed by atoms with Crippen molar-refractivity contribution in [2.45, 2.75) is 38.8 Å². The molecule has 3 heterocycles. The van der Waals surface area contributed by atoms with Crippen molar-refractivity contribution in [3.63, 3.8) is 0 Å². The Morgan fingerprint density at radius 2 is 2.06 bits per heavy atom. The Kier molecular flexibility index (Phi) is 5.81. The first kappa shape index (κ1) is 22.1. The lowest BCUT2D eigenvalue weighted by atomic mass is 10.0. The summed E-state index contributed by atoms with van der Waals surface area (Å²) in [6.07, 6.45) is 0.337. The number of halogens is 1. The molecule has 0 saturated carbocycles. The van der Waals surface area contributed by atoms with Crippen LogP contribution in [0.4, 0.5) is 10.2 Å². The summed E-state index contributed by atoms with van der Waals surface area (Å²) in [6.45, 7) is 6.39. The molecule has 0 spiro atoms. The monoisotopic (exact) mass is 439 g/mol. The average molecular weight is 439 g/mol. The predicted molar refractivity (Wildman–Crippen MR) is 119 cm³/mol. The van der Waals surface area contributed by atoms with Gasteiger partial charge in [-0.15, -0.1) is 0 Å². The number of aliphatic hydroxyl groups excluding tert-OH is 1. The lowest BCUT2D eigenvalue weighted by Gasteiger charge is -2.41. The zero-order valence-electron chi connectivity index (χ0n) is 18.2. The van der Waals surface area contributed by atoms with Crippen LogP contribution in [0.3, 0.4) is 0 Å². The molecule has 1 atom stereocenters. The van der Waals surface area contributed by atoms with Gasteiger partial charge in [-0.25, -0.2) is 14.4 Å². The van der Waals surface area contributed by atoms with Crippen LogP contribution in [0.25, 0.3) is 22.2 Å². The van der Waals surface area contributed by atoms with Gasteiger partial charge in [0.05, 0.1) is 16.9 Å². The van der Waals surface area contributed by atoms with E-state index in [1.165, 1.54) is 18.3 Å². The van der Waals surface area contributed by atoms with Crippen LogP contribution in [0.5, 0.6) is 0 Å². The summed E-state index contributed by atoms with van der Waals surface area (Å²) in [5.41, 5.74) is 7.46. The van der Waals surface area contributed by atoms with Crippen LogP contribution in [0, 0.1) is 5.82 Å². The normalized spacial score (nSPS) is 15.6. The SMILES string of the molecule is CC(C)(C)OC(O)NC1CN(C(=O)c2cnc(N)c3nc(-c4cccc(F)c4)ccc23)C1. The fourth-order valence-electron chi connectivity index (χ4n) is 3.61. The van der Waals surface area contributed by atoms with Crippen molar-refractivity contribution >= 4 is 22.6 Å². The van der Waals surface area contributed by atoms with Crippen LogP contribution < -0.4 is 11.1 Å². The van der Waals surface area contributed by atoms with Crippen molar-refractivity contribution in [1.29, 1.82) is 0 Å². The molecule has 8 nitrogen and oxygen atoms in total. The number of rotatable bonds is 5. The Labute approximate surface area is 185 Å². The summed E-state index contributed by atoms with van der Waals surface area (Å²) >= 11 is 0. The maximum atomic E-state index is 13.6. The number of hydrogen-bond donors (Lipinski definition) is 3. The summed E-state index contributed by atoms with van der Waals surface area (Å²) in [5, 5.41) is 13.5. The smallest absolute Gasteiger partial charge is 0.256 e. The molecule has 0 bridgehead atoms. The van der Waals surface area contributed by atoms with E-state index in [-0.39, 0.29) is 23.6 Å². The van der Waals surface area contributed by atoms with Crippen molar-refractivity contribution < 1.29 is 19.0 Å². The fourth-order valence-corrected chi connectivity index (χ4v) is 3.61. The molecule has 0 aliphatic carbocycles. The highest BCUT2D eigenvalue weighted by molar-refractivity contribution is 6.08. The molecule has 2 aromatic heterocycles. The van der Waals surface area contributed by atoms with E-state index >= 15 is 0 Å². The number of nitrogens with zero attached hydrogens (tertiary/aromatic N) is 3. The number of ether oxygens (including phenoxy) is 1. The fraction of sp³-hybridized carbons (Fsp3) is 0.348. The van der Waals surface area contributed by atoms with E-state index in [4.69, 9.17) is 10.5 Å². The number of hydrogen-bond acceptors (Lipinski definition) is 7. The van der Waals surface area contributed by atoms with E-state index in [1.807, 2.05) is 20.8 Å². The van der Waals surface area contributed by atoms with Crippen molar-refractivity contribution in [3.05, 3.63) is 54.0 Å². The molecule has 1 fully saturated rings. The highest BCUT2D eigenvalue weighted by atomic mass is 19.1. The second-order valence-electron chi connectivity index (χ2n) is 8.82. The van der Waals surface area contributed by atoms with Gasteiger partial charge in [-0.05, 0) is 45.0 Å². The first-order chi connectivity index (χ1) is 15.1. The molecule has 168 valence electrons. The Morgan fingerprint density at radius 3 is 2.75 bits per heavy atom. The number of carbonyl (C=O) groups is 1. The molecule has 1 amide bonds. The third-order valence-corrected chi connectivity index (χ3v) is 5.12. The first-order valence-electron chi connectivity index (χ1n) is 10.3. The molecule has 1 unspecified atom stereocenters. The third kappa shape index (κ3) is 4.69. The van der Waals surface area contributed by atoms with Crippen LogP contribution >= 0.6 is 0 Å². The molecular weight excluding hydrogens is 413 g/mol. The summed E-state index contributed by atoms with van der Waals surface area (Å²) in [5.74, 6) is -0.370. The number of aromatic nitrogens is 2. The Morgan fingerprint density at radius 1 is 1.31 bits per heavy atom. The van der Waals surface area contributed by atoms with E-state index in [0.29, 0.717) is 40.8 Å². The van der Waals surface area contributed by atoms with Crippen molar-refractivity contribution in [3.8, 4) is 11.3 Å². The summed E-state index contributed by atoms with van der Waals surface area (Å²) in [4.78, 5) is 23.4. The van der Waals surface area contributed by atoms with Crippen LogP contribution in [-0.2, 0) is 4.74 Å². The van der Waals surface area contributed by atoms with Crippen molar-refractivity contribution in [1.82, 2.24) is 20.2 Å². The molecule has 3 aromatic rings. The van der Waals surface area contributed by atoms with Crippen LogP contribution in [-0.4, -0.2) is 57.0 Å². The maximum absolute atomic E-state index is 13.6. The number of carbonyl (C=O) groups excluding carboxylic acids is 1. The minimum absolute atomic E-state index is 0.0815. The number of nitrogens with one attached hydrogen (secondary N) is 1. The zero-order valence-corrected chi connectivity index (χ0v) is 18.2. The summed E-state index contributed by atoms with van der Waals surface area (Å²) in [7, 11) is 0. The average Bonchev–Trinajstić information content (AvgIpc) is 2.69. The largest absolute Gasteiger partial charge is 0.382 e. The second kappa shape index (κ2) is 8.42. The highest BCUT2D eigenvalue weighted by Crippen LogP contribution is 2.27. The number of amides is 1. The topological polar surface area (TPSA) is 114 Å². The molecule has 4 N–H and O–H groups in total. The Bertz CT molecular complexity index is 1160. The minimum atomic E-state index is -1.11. The van der Waals surface area contributed by atoms with Crippen LogP contribution in [0.1, 0.15) is 31.1 Å². The molecule has 4 rings (SSSR count). The molecular formula is C23H26FN5O3. The van der Waals surface area contributed by atoms with E-state index < -0.39 is 12.0 Å². The number of aliphatic hydroxyl groups is 1. The molecule has 1 saturated heterocycles. The Hall–Kier alpha value is -3.14. The van der Waals surface area contributed by atoms with E-state index in [2.05, 4.69) is 15.3 Å². The van der Waals surface area contributed by atoms with Gasteiger partial charge in [0.1, 0.15) is 17.2 Å². The molecule has 1 aliphatic rings. The maximum Gasteiger partial charge on any atom is 0.256 e. The number of likely N-dealkylation sites (tertiary alicyclic amines) is 1. The number of fused-ring (bicyclic) bond motifs is 1. The van der Waals surface area contributed by atoms with Gasteiger partial charge in [-0.3, -0.25) is 10.1 Å². The van der Waals surface area contributed by atoms with Gasteiger partial charge in [-0.1, -0.05) is 12.1 Å². The van der Waals surface area contributed by atoms with Crippen molar-refractivity contribution in [2.24, 2.45) is 0 Å². The van der Waals surface area contributed by atoms with Gasteiger partial charge in [0.2, 0.25) is 6.41 Å². The zero-order chi connectivity index (χ0) is 23.0. The van der Waals surface area contributed by atoms with E-state index in [0.717, 1.165) is 0 Å². The minimum Gasteiger partial charge on any atom is -0.382 e. The van der Waals surface area contributed by atoms with Gasteiger partial charge in [0.15, 0.2) is 0 Å². The van der Waals surface area contributed by atoms with Gasteiger partial charge in [0, 0.05) is 36.3 Å². The molecule has 1 aromatic carbocycles. The quantitative estimate of drug-likeness (QED) is 0.524. The lowest BCUT2D eigenvalue weighted by Crippen LogP contribution is -2.62. The molecule has 9 heteroatoms. The number of pyridine rings is 2.